The summed E-state index contributed by atoms with van der Waals surface area (Å²) in [5.41, 5.74) is 0.580. The largest absolute Gasteiger partial charge is 0.351 e. The van der Waals surface area contributed by atoms with Crippen LogP contribution in [0.15, 0.2) is 42.0 Å². The second-order valence-corrected chi connectivity index (χ2v) is 8.73. The molecule has 2 aromatic heterocycles. The molecular formula is C21H25N3O2S. The SMILES string of the molecule is O=C(NCc1cccs1)[C@H]1CN(C(=O)c2ccncc2)CC12CCCCC2. The fourth-order valence-corrected chi connectivity index (χ4v) is 5.28. The van der Waals surface area contributed by atoms with Crippen molar-refractivity contribution in [2.45, 2.75) is 38.6 Å². The molecule has 27 heavy (non-hydrogen) atoms. The molecule has 4 rings (SSSR count). The number of carbonyl (C=O) groups excluding carboxylic acids is 2. The van der Waals surface area contributed by atoms with Crippen molar-refractivity contribution in [3.8, 4) is 0 Å². The van der Waals surface area contributed by atoms with E-state index in [1.165, 1.54) is 6.42 Å². The molecule has 3 heterocycles. The third-order valence-corrected chi connectivity index (χ3v) is 6.92. The van der Waals surface area contributed by atoms with E-state index in [2.05, 4.69) is 10.3 Å². The summed E-state index contributed by atoms with van der Waals surface area (Å²) in [4.78, 5) is 33.1. The Kier molecular flexibility index (Phi) is 5.25. The molecule has 1 saturated carbocycles. The van der Waals surface area contributed by atoms with Gasteiger partial charge in [0.15, 0.2) is 0 Å². The van der Waals surface area contributed by atoms with Gasteiger partial charge in [-0.3, -0.25) is 14.6 Å². The number of carbonyl (C=O) groups is 2. The molecule has 0 aromatic carbocycles. The number of rotatable bonds is 4. The van der Waals surface area contributed by atoms with E-state index in [1.54, 1.807) is 35.9 Å². The normalized spacial score (nSPS) is 21.3. The summed E-state index contributed by atoms with van der Waals surface area (Å²) in [6, 6.07) is 7.54. The first-order valence-electron chi connectivity index (χ1n) is 9.67. The highest BCUT2D eigenvalue weighted by atomic mass is 32.1. The van der Waals surface area contributed by atoms with E-state index in [4.69, 9.17) is 0 Å². The zero-order chi connectivity index (χ0) is 18.7. The molecule has 1 spiro atoms. The number of pyridine rings is 1. The lowest BCUT2D eigenvalue weighted by atomic mass is 9.67. The number of likely N-dealkylation sites (tertiary alicyclic amines) is 1. The average molecular weight is 384 g/mol. The van der Waals surface area contributed by atoms with E-state index in [-0.39, 0.29) is 23.1 Å². The van der Waals surface area contributed by atoms with Crippen LogP contribution in [0.3, 0.4) is 0 Å². The van der Waals surface area contributed by atoms with Crippen molar-refractivity contribution in [2.75, 3.05) is 13.1 Å². The van der Waals surface area contributed by atoms with Gasteiger partial charge in [0.1, 0.15) is 0 Å². The first kappa shape index (κ1) is 18.2. The van der Waals surface area contributed by atoms with Crippen LogP contribution in [0.2, 0.25) is 0 Å². The molecule has 2 amide bonds. The third-order valence-electron chi connectivity index (χ3n) is 6.05. The monoisotopic (exact) mass is 383 g/mol. The van der Waals surface area contributed by atoms with Gasteiger partial charge < -0.3 is 10.2 Å². The van der Waals surface area contributed by atoms with Crippen molar-refractivity contribution in [3.63, 3.8) is 0 Å². The standard InChI is InChI=1S/C21H25N3O2S/c25-19(23-13-17-5-4-12-27-17)18-14-24(15-21(18)8-2-1-3-9-21)20(26)16-6-10-22-11-7-16/h4-7,10-12,18H,1-3,8-9,13-15H2,(H,23,25)/t18-/m1/s1. The highest BCUT2D eigenvalue weighted by molar-refractivity contribution is 7.09. The quantitative estimate of drug-likeness (QED) is 0.879. The fraction of sp³-hybridized carbons (Fsp3) is 0.476. The summed E-state index contributed by atoms with van der Waals surface area (Å²) in [5, 5.41) is 5.14. The van der Waals surface area contributed by atoms with E-state index in [0.717, 1.165) is 30.6 Å². The van der Waals surface area contributed by atoms with Crippen molar-refractivity contribution in [2.24, 2.45) is 11.3 Å². The number of hydrogen-bond donors (Lipinski definition) is 1. The van der Waals surface area contributed by atoms with Crippen molar-refractivity contribution < 1.29 is 9.59 Å². The van der Waals surface area contributed by atoms with Gasteiger partial charge >= 0.3 is 0 Å². The van der Waals surface area contributed by atoms with Crippen molar-refractivity contribution in [3.05, 3.63) is 52.5 Å². The highest BCUT2D eigenvalue weighted by Gasteiger charge is 2.51. The number of thiophene rings is 1. The van der Waals surface area contributed by atoms with E-state index < -0.39 is 0 Å². The molecule has 1 atom stereocenters. The van der Waals surface area contributed by atoms with Crippen LogP contribution in [-0.2, 0) is 11.3 Å². The summed E-state index contributed by atoms with van der Waals surface area (Å²) in [7, 11) is 0. The summed E-state index contributed by atoms with van der Waals surface area (Å²) in [5.74, 6) is -0.0187. The van der Waals surface area contributed by atoms with Gasteiger partial charge in [-0.15, -0.1) is 11.3 Å². The predicted octanol–water partition coefficient (Wildman–Crippen LogP) is 3.48. The Morgan fingerprint density at radius 3 is 2.67 bits per heavy atom. The molecule has 6 heteroatoms. The minimum Gasteiger partial charge on any atom is -0.351 e. The molecule has 0 radical (unpaired) electrons. The van der Waals surface area contributed by atoms with Crippen LogP contribution in [0.5, 0.6) is 0 Å². The minimum absolute atomic E-state index is 0.0101. The molecule has 1 aliphatic carbocycles. The van der Waals surface area contributed by atoms with Crippen molar-refractivity contribution in [1.82, 2.24) is 15.2 Å². The van der Waals surface area contributed by atoms with Gasteiger partial charge in [0.2, 0.25) is 5.91 Å². The van der Waals surface area contributed by atoms with Gasteiger partial charge in [0.05, 0.1) is 12.5 Å². The van der Waals surface area contributed by atoms with Crippen LogP contribution in [0.25, 0.3) is 0 Å². The third kappa shape index (κ3) is 3.76. The summed E-state index contributed by atoms with van der Waals surface area (Å²) in [6.45, 7) is 1.77. The van der Waals surface area contributed by atoms with Gasteiger partial charge in [0, 0.05) is 41.3 Å². The van der Waals surface area contributed by atoms with Gasteiger partial charge in [-0.2, -0.15) is 0 Å². The lowest BCUT2D eigenvalue weighted by Gasteiger charge is -2.37. The summed E-state index contributed by atoms with van der Waals surface area (Å²) < 4.78 is 0. The predicted molar refractivity (Wildman–Crippen MR) is 105 cm³/mol. The van der Waals surface area contributed by atoms with E-state index in [1.807, 2.05) is 22.4 Å². The summed E-state index contributed by atoms with van der Waals surface area (Å²) in [6.07, 6.45) is 8.87. The molecule has 1 aliphatic heterocycles. The van der Waals surface area contributed by atoms with Crippen LogP contribution in [0.4, 0.5) is 0 Å². The zero-order valence-electron chi connectivity index (χ0n) is 15.4. The van der Waals surface area contributed by atoms with Gasteiger partial charge in [-0.05, 0) is 36.4 Å². The Morgan fingerprint density at radius 2 is 1.96 bits per heavy atom. The second kappa shape index (κ2) is 7.80. The van der Waals surface area contributed by atoms with Gasteiger partial charge in [-0.1, -0.05) is 25.3 Å². The fourth-order valence-electron chi connectivity index (χ4n) is 4.63. The van der Waals surface area contributed by atoms with E-state index in [9.17, 15) is 9.59 Å². The van der Waals surface area contributed by atoms with Crippen LogP contribution < -0.4 is 5.32 Å². The first-order valence-corrected chi connectivity index (χ1v) is 10.6. The van der Waals surface area contributed by atoms with Crippen molar-refractivity contribution >= 4 is 23.2 Å². The molecule has 5 nitrogen and oxygen atoms in total. The summed E-state index contributed by atoms with van der Waals surface area (Å²) >= 11 is 1.65. The topological polar surface area (TPSA) is 62.3 Å². The smallest absolute Gasteiger partial charge is 0.254 e. The second-order valence-electron chi connectivity index (χ2n) is 7.69. The molecule has 0 unspecified atom stereocenters. The molecule has 142 valence electrons. The molecular weight excluding hydrogens is 358 g/mol. The Hall–Kier alpha value is -2.21. The lowest BCUT2D eigenvalue weighted by Crippen LogP contribution is -2.42. The molecule has 0 bridgehead atoms. The molecule has 2 fully saturated rings. The minimum atomic E-state index is -0.122. The highest BCUT2D eigenvalue weighted by Crippen LogP contribution is 2.48. The van der Waals surface area contributed by atoms with Crippen LogP contribution in [0.1, 0.15) is 47.3 Å². The molecule has 1 N–H and O–H groups in total. The Morgan fingerprint density at radius 1 is 1.19 bits per heavy atom. The van der Waals surface area contributed by atoms with Gasteiger partial charge in [0.25, 0.3) is 5.91 Å². The van der Waals surface area contributed by atoms with Crippen molar-refractivity contribution in [1.29, 1.82) is 0 Å². The van der Waals surface area contributed by atoms with E-state index >= 15 is 0 Å². The van der Waals surface area contributed by atoms with Crippen LogP contribution in [-0.4, -0.2) is 34.8 Å². The molecule has 1 saturated heterocycles. The molecule has 2 aliphatic rings. The maximum absolute atomic E-state index is 13.1. The Bertz CT molecular complexity index is 785. The number of aromatic nitrogens is 1. The van der Waals surface area contributed by atoms with Crippen LogP contribution in [0, 0.1) is 11.3 Å². The lowest BCUT2D eigenvalue weighted by molar-refractivity contribution is -0.128. The molecule has 2 aromatic rings. The Labute approximate surface area is 163 Å². The first-order chi connectivity index (χ1) is 13.2. The van der Waals surface area contributed by atoms with Crippen LogP contribution >= 0.6 is 11.3 Å². The maximum Gasteiger partial charge on any atom is 0.254 e. The average Bonchev–Trinajstić information content (AvgIpc) is 3.35. The Balaban J connectivity index is 1.51. The number of amides is 2. The zero-order valence-corrected chi connectivity index (χ0v) is 16.2. The van der Waals surface area contributed by atoms with E-state index in [0.29, 0.717) is 25.2 Å². The number of nitrogens with zero attached hydrogens (tertiary/aromatic N) is 2. The van der Waals surface area contributed by atoms with Gasteiger partial charge in [-0.25, -0.2) is 0 Å². The maximum atomic E-state index is 13.1. The number of hydrogen-bond acceptors (Lipinski definition) is 4. The number of nitrogens with one attached hydrogen (secondary N) is 1.